The van der Waals surface area contributed by atoms with Gasteiger partial charge in [0.2, 0.25) is 0 Å². The second-order valence-corrected chi connectivity index (χ2v) is 10.0. The van der Waals surface area contributed by atoms with Crippen LogP contribution in [0.4, 0.5) is 0 Å². The van der Waals surface area contributed by atoms with Crippen LogP contribution in [0, 0.1) is 5.92 Å². The van der Waals surface area contributed by atoms with E-state index in [2.05, 4.69) is 5.09 Å². The van der Waals surface area contributed by atoms with E-state index in [9.17, 15) is 14.5 Å². The van der Waals surface area contributed by atoms with Crippen LogP contribution in [0.5, 0.6) is 17.2 Å². The number of methoxy groups -OCH3 is 3. The van der Waals surface area contributed by atoms with Crippen molar-refractivity contribution in [2.45, 2.75) is 26.3 Å². The van der Waals surface area contributed by atoms with E-state index in [0.29, 0.717) is 17.2 Å². The molecule has 0 aliphatic carbocycles. The first kappa shape index (κ1) is 26.5. The van der Waals surface area contributed by atoms with Gasteiger partial charge in [0.25, 0.3) is 0 Å². The van der Waals surface area contributed by atoms with Gasteiger partial charge in [-0.05, 0) is 48.2 Å². The van der Waals surface area contributed by atoms with Crippen molar-refractivity contribution in [1.29, 1.82) is 0 Å². The van der Waals surface area contributed by atoms with Gasteiger partial charge in [-0.25, -0.2) is 5.09 Å². The molecule has 0 amide bonds. The molecule has 8 nitrogen and oxygen atoms in total. The highest BCUT2D eigenvalue weighted by atomic mass is 31.2. The summed E-state index contributed by atoms with van der Waals surface area (Å²) in [7, 11) is 0.907. The summed E-state index contributed by atoms with van der Waals surface area (Å²) >= 11 is 0. The van der Waals surface area contributed by atoms with Crippen molar-refractivity contribution in [3.05, 3.63) is 53.6 Å². The Morgan fingerprint density at radius 3 is 2.00 bits per heavy atom. The molecule has 0 saturated carbocycles. The number of carboxylic acids is 1. The van der Waals surface area contributed by atoms with E-state index in [4.69, 9.17) is 18.7 Å². The highest BCUT2D eigenvalue weighted by molar-refractivity contribution is 7.57. The highest BCUT2D eigenvalue weighted by Crippen LogP contribution is 2.46. The fourth-order valence-corrected chi connectivity index (χ4v) is 4.98. The predicted octanol–water partition coefficient (Wildman–Crippen LogP) is 5.14. The Kier molecular flexibility index (Phi) is 9.11. The molecule has 0 aliphatic rings. The van der Waals surface area contributed by atoms with Gasteiger partial charge in [0.05, 0.1) is 14.2 Å². The smallest absolute Gasteiger partial charge is 0.342 e. The van der Waals surface area contributed by atoms with Gasteiger partial charge in [-0.2, -0.15) is 0 Å². The molecule has 0 fully saturated rings. The van der Waals surface area contributed by atoms with E-state index in [1.165, 1.54) is 14.0 Å². The molecule has 2 aromatic carbocycles. The lowest BCUT2D eigenvalue weighted by Gasteiger charge is -2.34. The molecule has 9 heteroatoms. The molecule has 2 atom stereocenters. The molecule has 180 valence electrons. The van der Waals surface area contributed by atoms with Crippen molar-refractivity contribution >= 4 is 25.6 Å². The Labute approximate surface area is 195 Å². The van der Waals surface area contributed by atoms with Crippen LogP contribution in [0.25, 0.3) is 12.2 Å². The molecule has 2 N–H and O–H groups in total. The highest BCUT2D eigenvalue weighted by Gasteiger charge is 2.43. The number of benzene rings is 2. The van der Waals surface area contributed by atoms with Crippen LogP contribution in [-0.2, 0) is 14.1 Å². The maximum absolute atomic E-state index is 13.4. The summed E-state index contributed by atoms with van der Waals surface area (Å²) in [6.45, 7) is 4.95. The largest absolute Gasteiger partial charge is 0.497 e. The van der Waals surface area contributed by atoms with Crippen molar-refractivity contribution in [1.82, 2.24) is 5.09 Å². The minimum absolute atomic E-state index is 0.276. The van der Waals surface area contributed by atoms with E-state index in [-0.39, 0.29) is 12.3 Å². The molecule has 0 aliphatic heterocycles. The van der Waals surface area contributed by atoms with Crippen molar-refractivity contribution in [2.24, 2.45) is 5.92 Å². The van der Waals surface area contributed by atoms with Crippen LogP contribution in [0.1, 0.15) is 31.9 Å². The molecule has 33 heavy (non-hydrogen) atoms. The molecule has 2 aromatic rings. The average Bonchev–Trinajstić information content (AvgIpc) is 2.78. The normalized spacial score (nSPS) is 15.1. The van der Waals surface area contributed by atoms with Gasteiger partial charge in [-0.15, -0.1) is 0 Å². The van der Waals surface area contributed by atoms with Crippen molar-refractivity contribution in [3.63, 3.8) is 0 Å². The van der Waals surface area contributed by atoms with E-state index >= 15 is 0 Å². The number of carboxylic acid groups (broad SMARTS) is 1. The Hall–Kier alpha value is -2.80. The summed E-state index contributed by atoms with van der Waals surface area (Å²) in [6, 6.07) is 12.5. The number of hydrogen-bond acceptors (Lipinski definition) is 6. The maximum atomic E-state index is 13.4. The van der Waals surface area contributed by atoms with Gasteiger partial charge in [0, 0.05) is 13.2 Å². The molecular formula is C24H32NO7P. The minimum Gasteiger partial charge on any atom is -0.497 e. The molecule has 0 spiro atoms. The zero-order valence-corrected chi connectivity index (χ0v) is 20.7. The maximum Gasteiger partial charge on any atom is 0.342 e. The van der Waals surface area contributed by atoms with Crippen LogP contribution < -0.4 is 19.1 Å². The van der Waals surface area contributed by atoms with Crippen molar-refractivity contribution in [2.75, 3.05) is 27.7 Å². The number of aliphatic carboxylic acids is 1. The molecule has 0 bridgehead atoms. The third kappa shape index (κ3) is 7.09. The first-order chi connectivity index (χ1) is 15.5. The molecule has 0 aromatic heterocycles. The number of hydrogen-bond donors (Lipinski definition) is 2. The Balaban J connectivity index is 2.20. The van der Waals surface area contributed by atoms with Gasteiger partial charge in [0.1, 0.15) is 29.1 Å². The van der Waals surface area contributed by atoms with Gasteiger partial charge >= 0.3 is 13.5 Å². The van der Waals surface area contributed by atoms with Crippen molar-refractivity contribution < 1.29 is 33.2 Å². The minimum atomic E-state index is -3.67. The Bertz CT molecular complexity index is 998. The molecule has 0 heterocycles. The van der Waals surface area contributed by atoms with Gasteiger partial charge < -0.3 is 23.8 Å². The molecule has 2 unspecified atom stereocenters. The third-order valence-electron chi connectivity index (χ3n) is 5.28. The molecule has 0 radical (unpaired) electrons. The summed E-state index contributed by atoms with van der Waals surface area (Å²) in [5.74, 6) is 0.251. The number of nitrogens with one attached hydrogen (secondary N) is 1. The van der Waals surface area contributed by atoms with Gasteiger partial charge in [-0.1, -0.05) is 38.1 Å². The fraction of sp³-hybridized carbons (Fsp3) is 0.375. The second-order valence-electron chi connectivity index (χ2n) is 8.00. The van der Waals surface area contributed by atoms with Gasteiger partial charge in [0.15, 0.2) is 0 Å². The zero-order valence-electron chi connectivity index (χ0n) is 19.8. The van der Waals surface area contributed by atoms with Crippen molar-refractivity contribution in [3.8, 4) is 17.2 Å². The van der Waals surface area contributed by atoms with Gasteiger partial charge in [-0.3, -0.25) is 9.36 Å². The van der Waals surface area contributed by atoms with E-state index in [1.54, 1.807) is 58.4 Å². The monoisotopic (exact) mass is 477 g/mol. The van der Waals surface area contributed by atoms with Crippen LogP contribution in [0.3, 0.4) is 0 Å². The van der Waals surface area contributed by atoms with Crippen LogP contribution in [0.2, 0.25) is 0 Å². The van der Waals surface area contributed by atoms with Crippen LogP contribution in [-0.4, -0.2) is 44.3 Å². The van der Waals surface area contributed by atoms with E-state index in [1.807, 2.05) is 24.3 Å². The lowest BCUT2D eigenvalue weighted by molar-refractivity contribution is -0.145. The lowest BCUT2D eigenvalue weighted by atomic mass is 9.90. The SMILES string of the molecule is COCP(=O)(NC(C)(C(=O)O)C(C)C)Oc1ccc(/C=C/c2cc(OC)cc(OC)c2)cc1. The number of rotatable bonds is 12. The topological polar surface area (TPSA) is 103 Å². The predicted molar refractivity (Wildman–Crippen MR) is 129 cm³/mol. The van der Waals surface area contributed by atoms with E-state index in [0.717, 1.165) is 11.1 Å². The summed E-state index contributed by atoms with van der Waals surface area (Å²) in [4.78, 5) is 11.8. The standard InChI is InChI=1S/C24H32NO7P/c1-17(2)24(3,23(26)27)25-33(28,16-29-4)32-20-11-9-18(10-12-20)7-8-19-13-21(30-5)15-22(14-19)31-6/h7-15,17H,16H2,1-6H3,(H,25,28)(H,26,27)/b8-7+. The Morgan fingerprint density at radius 1 is 1.00 bits per heavy atom. The molecular weight excluding hydrogens is 445 g/mol. The summed E-state index contributed by atoms with van der Waals surface area (Å²) in [6.07, 6.45) is 3.55. The summed E-state index contributed by atoms with van der Waals surface area (Å²) in [5.41, 5.74) is 0.340. The number of carbonyl (C=O) groups is 1. The van der Waals surface area contributed by atoms with Crippen LogP contribution >= 0.6 is 7.52 Å². The summed E-state index contributed by atoms with van der Waals surface area (Å²) in [5, 5.41) is 12.4. The third-order valence-corrected chi connectivity index (χ3v) is 7.18. The first-order valence-electron chi connectivity index (χ1n) is 10.4. The quantitative estimate of drug-likeness (QED) is 0.320. The molecule has 2 rings (SSSR count). The molecule has 0 saturated heterocycles. The first-order valence-corrected chi connectivity index (χ1v) is 12.2. The van der Waals surface area contributed by atoms with E-state index < -0.39 is 19.0 Å². The number of ether oxygens (including phenoxy) is 3. The lowest BCUT2D eigenvalue weighted by Crippen LogP contribution is -2.52. The second kappa shape index (κ2) is 11.4. The zero-order chi connectivity index (χ0) is 24.6. The van der Waals surface area contributed by atoms with Crippen LogP contribution in [0.15, 0.2) is 42.5 Å². The Morgan fingerprint density at radius 2 is 1.55 bits per heavy atom. The summed E-state index contributed by atoms with van der Waals surface area (Å²) < 4.78 is 34.7. The average molecular weight is 477 g/mol. The fourth-order valence-electron chi connectivity index (χ4n) is 2.96.